The van der Waals surface area contributed by atoms with Crippen molar-refractivity contribution in [3.05, 3.63) is 42.6 Å². The Morgan fingerprint density at radius 2 is 1.86 bits per heavy atom. The van der Waals surface area contributed by atoms with E-state index in [0.29, 0.717) is 11.6 Å². The van der Waals surface area contributed by atoms with Gasteiger partial charge in [-0.2, -0.15) is 0 Å². The predicted molar refractivity (Wildman–Crippen MR) is 85.0 cm³/mol. The van der Waals surface area contributed by atoms with Crippen LogP contribution in [0.3, 0.4) is 0 Å². The van der Waals surface area contributed by atoms with Gasteiger partial charge in [-0.15, -0.1) is 0 Å². The average Bonchev–Trinajstić information content (AvgIpc) is 2.46. The molecule has 0 amide bonds. The third-order valence-electron chi connectivity index (χ3n) is 3.24. The normalized spacial score (nSPS) is 12.9. The Morgan fingerprint density at radius 3 is 2.48 bits per heavy atom. The number of sulfone groups is 1. The zero-order valence-electron chi connectivity index (χ0n) is 12.4. The van der Waals surface area contributed by atoms with Crippen molar-refractivity contribution >= 4 is 15.7 Å². The minimum atomic E-state index is -3.02. The van der Waals surface area contributed by atoms with Crippen molar-refractivity contribution in [3.63, 3.8) is 0 Å². The number of aromatic nitrogens is 2. The van der Waals surface area contributed by atoms with Gasteiger partial charge < -0.3 is 4.90 Å². The Hall–Kier alpha value is -1.95. The SMILES string of the molecule is CC(CS(C)(=O)=O)N(C)c1ccnc(-c2ccccc2)n1. The average molecular weight is 305 g/mol. The van der Waals surface area contributed by atoms with E-state index >= 15 is 0 Å². The summed E-state index contributed by atoms with van der Waals surface area (Å²) >= 11 is 0. The van der Waals surface area contributed by atoms with E-state index in [4.69, 9.17) is 0 Å². The minimum Gasteiger partial charge on any atom is -0.356 e. The van der Waals surface area contributed by atoms with Gasteiger partial charge >= 0.3 is 0 Å². The maximum atomic E-state index is 11.4. The monoisotopic (exact) mass is 305 g/mol. The van der Waals surface area contributed by atoms with Crippen LogP contribution >= 0.6 is 0 Å². The van der Waals surface area contributed by atoms with Crippen LogP contribution in [0.4, 0.5) is 5.82 Å². The van der Waals surface area contributed by atoms with Gasteiger partial charge in [0, 0.05) is 31.1 Å². The van der Waals surface area contributed by atoms with Crippen LogP contribution in [-0.4, -0.2) is 43.5 Å². The van der Waals surface area contributed by atoms with Crippen LogP contribution < -0.4 is 4.90 Å². The van der Waals surface area contributed by atoms with Gasteiger partial charge in [-0.05, 0) is 13.0 Å². The van der Waals surface area contributed by atoms with Crippen LogP contribution in [0.25, 0.3) is 11.4 Å². The van der Waals surface area contributed by atoms with Gasteiger partial charge in [-0.25, -0.2) is 18.4 Å². The first kappa shape index (κ1) is 15.4. The van der Waals surface area contributed by atoms with Crippen LogP contribution in [0.1, 0.15) is 6.92 Å². The van der Waals surface area contributed by atoms with E-state index in [0.717, 1.165) is 5.56 Å². The molecule has 0 N–H and O–H groups in total. The maximum absolute atomic E-state index is 11.4. The highest BCUT2D eigenvalue weighted by Gasteiger charge is 2.17. The van der Waals surface area contributed by atoms with Gasteiger partial charge in [-0.3, -0.25) is 0 Å². The number of benzene rings is 1. The fourth-order valence-corrected chi connectivity index (χ4v) is 3.15. The number of nitrogens with zero attached hydrogens (tertiary/aromatic N) is 3. The molecule has 1 unspecified atom stereocenters. The Morgan fingerprint density at radius 1 is 1.19 bits per heavy atom. The number of hydrogen-bond acceptors (Lipinski definition) is 5. The van der Waals surface area contributed by atoms with Crippen molar-refractivity contribution in [1.29, 1.82) is 0 Å². The van der Waals surface area contributed by atoms with Crippen molar-refractivity contribution in [2.45, 2.75) is 13.0 Å². The Kier molecular flexibility index (Phi) is 4.57. The summed E-state index contributed by atoms with van der Waals surface area (Å²) in [5.74, 6) is 1.43. The molecule has 0 aliphatic rings. The molecule has 2 aromatic rings. The first-order valence-electron chi connectivity index (χ1n) is 6.66. The molecule has 112 valence electrons. The molecule has 0 saturated heterocycles. The molecular weight excluding hydrogens is 286 g/mol. The fraction of sp³-hybridized carbons (Fsp3) is 0.333. The third-order valence-corrected chi connectivity index (χ3v) is 4.33. The Bertz CT molecular complexity index is 702. The molecule has 0 saturated carbocycles. The lowest BCUT2D eigenvalue weighted by atomic mass is 10.2. The van der Waals surface area contributed by atoms with E-state index in [1.807, 2.05) is 49.2 Å². The van der Waals surface area contributed by atoms with Gasteiger partial charge in [0.2, 0.25) is 0 Å². The van der Waals surface area contributed by atoms with Crippen LogP contribution in [0, 0.1) is 0 Å². The highest BCUT2D eigenvalue weighted by molar-refractivity contribution is 7.90. The highest BCUT2D eigenvalue weighted by atomic mass is 32.2. The summed E-state index contributed by atoms with van der Waals surface area (Å²) in [5, 5.41) is 0. The quantitative estimate of drug-likeness (QED) is 0.845. The standard InChI is InChI=1S/C15H19N3O2S/c1-12(11-21(3,19)20)18(2)14-9-10-16-15(17-14)13-7-5-4-6-8-13/h4-10,12H,11H2,1-3H3. The van der Waals surface area contributed by atoms with Crippen LogP contribution in [-0.2, 0) is 9.84 Å². The second-order valence-corrected chi connectivity index (χ2v) is 7.34. The molecule has 2 rings (SSSR count). The molecule has 1 aromatic heterocycles. The van der Waals surface area contributed by atoms with Gasteiger partial charge in [0.1, 0.15) is 15.7 Å². The summed E-state index contributed by atoms with van der Waals surface area (Å²) in [4.78, 5) is 10.6. The fourth-order valence-electron chi connectivity index (χ4n) is 2.05. The number of anilines is 1. The molecule has 0 radical (unpaired) electrons. The Balaban J connectivity index is 2.25. The lowest BCUT2D eigenvalue weighted by molar-refractivity contribution is 0.592. The topological polar surface area (TPSA) is 63.2 Å². The van der Waals surface area contributed by atoms with Gasteiger partial charge in [-0.1, -0.05) is 30.3 Å². The molecule has 0 spiro atoms. The minimum absolute atomic E-state index is 0.0914. The number of hydrogen-bond donors (Lipinski definition) is 0. The van der Waals surface area contributed by atoms with E-state index in [1.165, 1.54) is 6.26 Å². The van der Waals surface area contributed by atoms with E-state index in [9.17, 15) is 8.42 Å². The second kappa shape index (κ2) is 6.22. The van der Waals surface area contributed by atoms with Crippen LogP contribution in [0.5, 0.6) is 0 Å². The molecule has 1 atom stereocenters. The largest absolute Gasteiger partial charge is 0.356 e. The second-order valence-electron chi connectivity index (χ2n) is 5.16. The van der Waals surface area contributed by atoms with Gasteiger partial charge in [0.25, 0.3) is 0 Å². The summed E-state index contributed by atoms with van der Waals surface area (Å²) < 4.78 is 22.8. The molecule has 0 fully saturated rings. The first-order valence-corrected chi connectivity index (χ1v) is 8.72. The summed E-state index contributed by atoms with van der Waals surface area (Å²) in [6.45, 7) is 1.87. The van der Waals surface area contributed by atoms with Gasteiger partial charge in [0.15, 0.2) is 5.82 Å². The molecule has 0 aliphatic carbocycles. The summed E-state index contributed by atoms with van der Waals surface area (Å²) in [6, 6.07) is 11.3. The molecule has 5 nitrogen and oxygen atoms in total. The molecule has 0 aliphatic heterocycles. The molecule has 21 heavy (non-hydrogen) atoms. The van der Waals surface area contributed by atoms with E-state index < -0.39 is 9.84 Å². The molecular formula is C15H19N3O2S. The van der Waals surface area contributed by atoms with Crippen LogP contribution in [0.2, 0.25) is 0 Å². The van der Waals surface area contributed by atoms with E-state index in [1.54, 1.807) is 12.3 Å². The zero-order chi connectivity index (χ0) is 15.5. The number of rotatable bonds is 5. The molecule has 1 aromatic carbocycles. The van der Waals surface area contributed by atoms with Crippen LogP contribution in [0.15, 0.2) is 42.6 Å². The molecule has 1 heterocycles. The predicted octanol–water partition coefficient (Wildman–Crippen LogP) is 2.01. The van der Waals surface area contributed by atoms with E-state index in [-0.39, 0.29) is 11.8 Å². The summed E-state index contributed by atoms with van der Waals surface area (Å²) in [6.07, 6.45) is 2.93. The summed E-state index contributed by atoms with van der Waals surface area (Å²) in [7, 11) is -1.18. The maximum Gasteiger partial charge on any atom is 0.161 e. The van der Waals surface area contributed by atoms with E-state index in [2.05, 4.69) is 9.97 Å². The summed E-state index contributed by atoms with van der Waals surface area (Å²) in [5.41, 5.74) is 0.934. The first-order chi connectivity index (χ1) is 9.87. The highest BCUT2D eigenvalue weighted by Crippen LogP contribution is 2.18. The lowest BCUT2D eigenvalue weighted by Crippen LogP contribution is -2.35. The van der Waals surface area contributed by atoms with Crippen molar-refractivity contribution < 1.29 is 8.42 Å². The molecule has 0 bridgehead atoms. The Labute approximate surface area is 125 Å². The van der Waals surface area contributed by atoms with Crippen molar-refractivity contribution in [2.24, 2.45) is 0 Å². The van der Waals surface area contributed by atoms with Crippen molar-refractivity contribution in [3.8, 4) is 11.4 Å². The molecule has 6 heteroatoms. The lowest BCUT2D eigenvalue weighted by Gasteiger charge is -2.25. The smallest absolute Gasteiger partial charge is 0.161 e. The third kappa shape index (κ3) is 4.26. The van der Waals surface area contributed by atoms with Crippen molar-refractivity contribution in [2.75, 3.05) is 24.0 Å². The zero-order valence-corrected chi connectivity index (χ0v) is 13.2. The van der Waals surface area contributed by atoms with Gasteiger partial charge in [0.05, 0.1) is 5.75 Å². The van der Waals surface area contributed by atoms with Crippen molar-refractivity contribution in [1.82, 2.24) is 9.97 Å².